The highest BCUT2D eigenvalue weighted by Gasteiger charge is 2.30. The number of piperazine rings is 1. The molecule has 1 aliphatic carbocycles. The average molecular weight is 489 g/mol. The number of ketones is 1. The summed E-state index contributed by atoms with van der Waals surface area (Å²) in [4.78, 5) is 27.1. The van der Waals surface area contributed by atoms with E-state index in [4.69, 9.17) is 19.2 Å². The molecule has 0 bridgehead atoms. The lowest BCUT2D eigenvalue weighted by molar-refractivity contribution is 0.0962. The van der Waals surface area contributed by atoms with Crippen LogP contribution in [-0.4, -0.2) is 68.2 Å². The minimum atomic E-state index is -0.0239. The molecular formula is C28H32N4O4. The van der Waals surface area contributed by atoms with Gasteiger partial charge in [-0.15, -0.1) is 0 Å². The van der Waals surface area contributed by atoms with Gasteiger partial charge in [-0.05, 0) is 35.6 Å². The van der Waals surface area contributed by atoms with Crippen molar-refractivity contribution in [3.05, 3.63) is 71.0 Å². The third kappa shape index (κ3) is 4.86. The average Bonchev–Trinajstić information content (AvgIpc) is 2.92. The summed E-state index contributed by atoms with van der Waals surface area (Å²) in [6.07, 6.45) is 2.76. The molecule has 0 radical (unpaired) electrons. The van der Waals surface area contributed by atoms with E-state index in [2.05, 4.69) is 39.0 Å². The molecule has 2 aliphatic rings. The highest BCUT2D eigenvalue weighted by molar-refractivity contribution is 5.98. The van der Waals surface area contributed by atoms with Crippen molar-refractivity contribution < 1.29 is 19.0 Å². The summed E-state index contributed by atoms with van der Waals surface area (Å²) in [5.41, 5.74) is 3.73. The highest BCUT2D eigenvalue weighted by Crippen LogP contribution is 2.42. The Balaban J connectivity index is 1.32. The van der Waals surface area contributed by atoms with Gasteiger partial charge in [-0.3, -0.25) is 9.69 Å². The molecule has 8 heteroatoms. The number of carbonyl (C=O) groups excluding carboxylic acids is 1. The molecule has 1 aromatic heterocycles. The zero-order valence-electron chi connectivity index (χ0n) is 21.1. The van der Waals surface area contributed by atoms with Crippen molar-refractivity contribution >= 4 is 11.7 Å². The molecule has 8 nitrogen and oxygen atoms in total. The summed E-state index contributed by atoms with van der Waals surface area (Å²) in [6, 6.07) is 14.4. The fourth-order valence-corrected chi connectivity index (χ4v) is 5.11. The summed E-state index contributed by atoms with van der Waals surface area (Å²) < 4.78 is 16.5. The van der Waals surface area contributed by atoms with Gasteiger partial charge in [0.25, 0.3) is 0 Å². The van der Waals surface area contributed by atoms with Gasteiger partial charge in [0.05, 0.1) is 32.6 Å². The van der Waals surface area contributed by atoms with Crippen molar-refractivity contribution in [3.63, 3.8) is 0 Å². The van der Waals surface area contributed by atoms with Crippen molar-refractivity contribution in [2.45, 2.75) is 25.3 Å². The fraction of sp³-hybridized carbons (Fsp3) is 0.393. The number of anilines is 1. The molecule has 1 aliphatic heterocycles. The van der Waals surface area contributed by atoms with Crippen LogP contribution in [0.4, 0.5) is 5.95 Å². The number of hydrogen-bond donors (Lipinski definition) is 0. The number of rotatable bonds is 7. The second-order valence-electron chi connectivity index (χ2n) is 9.27. The zero-order chi connectivity index (χ0) is 25.1. The Bertz CT molecular complexity index is 1200. The molecule has 0 spiro atoms. The number of hydrogen-bond acceptors (Lipinski definition) is 8. The predicted molar refractivity (Wildman–Crippen MR) is 137 cm³/mol. The van der Waals surface area contributed by atoms with Gasteiger partial charge in [0.1, 0.15) is 0 Å². The minimum absolute atomic E-state index is 0.0239. The van der Waals surface area contributed by atoms with Gasteiger partial charge in [-0.2, -0.15) is 0 Å². The lowest BCUT2D eigenvalue weighted by atomic mass is 9.82. The van der Waals surface area contributed by atoms with Crippen LogP contribution in [0, 0.1) is 0 Å². The largest absolute Gasteiger partial charge is 0.493 e. The maximum Gasteiger partial charge on any atom is 0.225 e. The Hall–Kier alpha value is -3.65. The zero-order valence-corrected chi connectivity index (χ0v) is 21.1. The van der Waals surface area contributed by atoms with Crippen molar-refractivity contribution in [1.82, 2.24) is 14.9 Å². The molecule has 2 aromatic carbocycles. The van der Waals surface area contributed by atoms with Crippen LogP contribution in [0.3, 0.4) is 0 Å². The predicted octanol–water partition coefficient (Wildman–Crippen LogP) is 3.74. The van der Waals surface area contributed by atoms with Crippen LogP contribution in [-0.2, 0) is 13.0 Å². The van der Waals surface area contributed by atoms with Crippen LogP contribution in [0.1, 0.15) is 39.5 Å². The lowest BCUT2D eigenvalue weighted by Crippen LogP contribution is -2.46. The summed E-state index contributed by atoms with van der Waals surface area (Å²) in [7, 11) is 4.78. The minimum Gasteiger partial charge on any atom is -0.493 e. The summed E-state index contributed by atoms with van der Waals surface area (Å²) >= 11 is 0. The number of nitrogens with zero attached hydrogens (tertiary/aromatic N) is 4. The van der Waals surface area contributed by atoms with Gasteiger partial charge in [-0.1, -0.05) is 30.3 Å². The first-order valence-electron chi connectivity index (χ1n) is 12.3. The Morgan fingerprint density at radius 2 is 1.61 bits per heavy atom. The molecule has 36 heavy (non-hydrogen) atoms. The topological polar surface area (TPSA) is 77.0 Å². The fourth-order valence-electron chi connectivity index (χ4n) is 5.11. The van der Waals surface area contributed by atoms with E-state index < -0.39 is 0 Å². The van der Waals surface area contributed by atoms with Crippen molar-refractivity contribution in [2.24, 2.45) is 0 Å². The van der Waals surface area contributed by atoms with E-state index >= 15 is 0 Å². The van der Waals surface area contributed by atoms with Gasteiger partial charge in [0, 0.05) is 45.3 Å². The van der Waals surface area contributed by atoms with E-state index in [1.807, 2.05) is 18.2 Å². The Labute approximate surface area is 211 Å². The molecule has 3 aromatic rings. The SMILES string of the molecule is COc1cc([C@H]2CC(=O)c3cnc(N4CCN(Cc5ccccc5)CC4)nc3C2)cc(OC)c1OC. The summed E-state index contributed by atoms with van der Waals surface area (Å²) in [5, 5.41) is 0. The number of aromatic nitrogens is 2. The van der Waals surface area contributed by atoms with Crippen molar-refractivity contribution in [1.29, 1.82) is 0 Å². The number of Topliss-reactive ketones (excluding diaryl/α,β-unsaturated/α-hetero) is 1. The number of fused-ring (bicyclic) bond motifs is 1. The monoisotopic (exact) mass is 488 g/mol. The Morgan fingerprint density at radius 3 is 2.25 bits per heavy atom. The molecule has 5 rings (SSSR count). The normalized spacial score (nSPS) is 18.0. The second kappa shape index (κ2) is 10.5. The van der Waals surface area contributed by atoms with E-state index in [-0.39, 0.29) is 11.7 Å². The standard InChI is InChI=1S/C28H32N4O4/c1-34-25-15-21(16-26(35-2)27(25)36-3)20-13-23-22(24(33)14-20)17-29-28(30-23)32-11-9-31(10-12-32)18-19-7-5-4-6-8-19/h4-8,15-17,20H,9-14,18H2,1-3H3/t20-/m1/s1. The molecule has 188 valence electrons. The van der Waals surface area contributed by atoms with E-state index in [9.17, 15) is 4.79 Å². The molecule has 0 unspecified atom stereocenters. The maximum atomic E-state index is 13.0. The first kappa shape index (κ1) is 24.1. The molecule has 1 fully saturated rings. The molecule has 2 heterocycles. The van der Waals surface area contributed by atoms with Crippen LogP contribution in [0.2, 0.25) is 0 Å². The van der Waals surface area contributed by atoms with Crippen LogP contribution in [0.5, 0.6) is 17.2 Å². The number of carbonyl (C=O) groups is 1. The van der Waals surface area contributed by atoms with Gasteiger partial charge in [-0.25, -0.2) is 9.97 Å². The van der Waals surface area contributed by atoms with Crippen LogP contribution < -0.4 is 19.1 Å². The molecular weight excluding hydrogens is 456 g/mol. The maximum absolute atomic E-state index is 13.0. The van der Waals surface area contributed by atoms with Gasteiger partial charge >= 0.3 is 0 Å². The summed E-state index contributed by atoms with van der Waals surface area (Å²) in [5.74, 6) is 2.45. The van der Waals surface area contributed by atoms with Crippen LogP contribution >= 0.6 is 0 Å². The van der Waals surface area contributed by atoms with Gasteiger partial charge in [0.15, 0.2) is 17.3 Å². The first-order chi connectivity index (χ1) is 17.6. The third-order valence-corrected chi connectivity index (χ3v) is 7.09. The quantitative estimate of drug-likeness (QED) is 0.498. The molecule has 0 saturated carbocycles. The lowest BCUT2D eigenvalue weighted by Gasteiger charge is -2.35. The Kier molecular flexibility index (Phi) is 7.04. The van der Waals surface area contributed by atoms with E-state index in [0.717, 1.165) is 44.0 Å². The molecule has 1 atom stereocenters. The van der Waals surface area contributed by atoms with E-state index in [1.165, 1.54) is 5.56 Å². The van der Waals surface area contributed by atoms with Crippen LogP contribution in [0.15, 0.2) is 48.7 Å². The van der Waals surface area contributed by atoms with Gasteiger partial charge in [0.2, 0.25) is 11.7 Å². The molecule has 1 saturated heterocycles. The number of benzene rings is 2. The first-order valence-corrected chi connectivity index (χ1v) is 12.3. The summed E-state index contributed by atoms with van der Waals surface area (Å²) in [6.45, 7) is 4.56. The number of methoxy groups -OCH3 is 3. The van der Waals surface area contributed by atoms with Crippen LogP contribution in [0.25, 0.3) is 0 Å². The molecule has 0 amide bonds. The second-order valence-corrected chi connectivity index (χ2v) is 9.27. The van der Waals surface area contributed by atoms with Gasteiger partial charge < -0.3 is 19.1 Å². The van der Waals surface area contributed by atoms with E-state index in [1.54, 1.807) is 27.5 Å². The van der Waals surface area contributed by atoms with E-state index in [0.29, 0.717) is 41.6 Å². The van der Waals surface area contributed by atoms with Crippen molar-refractivity contribution in [3.8, 4) is 17.2 Å². The third-order valence-electron chi connectivity index (χ3n) is 7.09. The van der Waals surface area contributed by atoms with Crippen molar-refractivity contribution in [2.75, 3.05) is 52.4 Å². The molecule has 0 N–H and O–H groups in total. The number of ether oxygens (including phenoxy) is 3. The Morgan fingerprint density at radius 1 is 0.917 bits per heavy atom. The highest BCUT2D eigenvalue weighted by atomic mass is 16.5. The smallest absolute Gasteiger partial charge is 0.225 e.